The highest BCUT2D eigenvalue weighted by molar-refractivity contribution is 6.41. The minimum Gasteiger partial charge on any atom is -0.340 e. The van der Waals surface area contributed by atoms with Crippen LogP contribution in [-0.4, -0.2) is 15.0 Å². The van der Waals surface area contributed by atoms with Crippen molar-refractivity contribution >= 4 is 34.4 Å². The molecule has 0 saturated heterocycles. The van der Waals surface area contributed by atoms with Crippen LogP contribution in [0.4, 0.5) is 0 Å². The van der Waals surface area contributed by atoms with E-state index in [-0.39, 0.29) is 0 Å². The fourth-order valence-electron chi connectivity index (χ4n) is 1.72. The second-order valence-electron chi connectivity index (χ2n) is 3.94. The Bertz CT molecular complexity index is 468. The van der Waals surface area contributed by atoms with Crippen molar-refractivity contribution in [1.29, 1.82) is 0 Å². The molecule has 0 spiro atoms. The molecule has 1 atom stereocenters. The van der Waals surface area contributed by atoms with Gasteiger partial charge in [0.1, 0.15) is 11.0 Å². The number of nitrogens with one attached hydrogen (secondary N) is 1. The second-order valence-corrected chi connectivity index (χ2v) is 4.71. The van der Waals surface area contributed by atoms with Gasteiger partial charge >= 0.3 is 0 Å². The molecule has 86 valence electrons. The molecule has 2 aromatic rings. The van der Waals surface area contributed by atoms with Crippen LogP contribution in [0.3, 0.4) is 0 Å². The maximum atomic E-state index is 5.90. The molecular formula is C11H13Cl2N3. The first-order valence-electron chi connectivity index (χ1n) is 5.33. The SMILES string of the molecule is CCCC(C)c1nc2nc(Cl)c(Cl)cc2[nH]1. The van der Waals surface area contributed by atoms with Gasteiger partial charge in [0.15, 0.2) is 5.65 Å². The van der Waals surface area contributed by atoms with Crippen LogP contribution in [-0.2, 0) is 0 Å². The van der Waals surface area contributed by atoms with Crippen LogP contribution >= 0.6 is 23.2 Å². The van der Waals surface area contributed by atoms with Gasteiger partial charge in [-0.05, 0) is 12.5 Å². The molecule has 0 radical (unpaired) electrons. The third-order valence-electron chi connectivity index (χ3n) is 2.59. The Kier molecular flexibility index (Phi) is 3.36. The van der Waals surface area contributed by atoms with Crippen LogP contribution in [0, 0.1) is 0 Å². The number of rotatable bonds is 3. The smallest absolute Gasteiger partial charge is 0.179 e. The molecule has 0 amide bonds. The van der Waals surface area contributed by atoms with Crippen molar-refractivity contribution in [3.63, 3.8) is 0 Å². The first-order valence-corrected chi connectivity index (χ1v) is 6.09. The molecule has 2 aromatic heterocycles. The Morgan fingerprint density at radius 3 is 2.81 bits per heavy atom. The van der Waals surface area contributed by atoms with Crippen LogP contribution in [0.1, 0.15) is 38.4 Å². The summed E-state index contributed by atoms with van der Waals surface area (Å²) in [4.78, 5) is 11.8. The first-order chi connectivity index (χ1) is 7.61. The largest absolute Gasteiger partial charge is 0.340 e. The van der Waals surface area contributed by atoms with Gasteiger partial charge in [-0.3, -0.25) is 0 Å². The number of nitrogens with zero attached hydrogens (tertiary/aromatic N) is 2. The Labute approximate surface area is 104 Å². The maximum absolute atomic E-state index is 5.90. The highest BCUT2D eigenvalue weighted by Gasteiger charge is 2.12. The van der Waals surface area contributed by atoms with Gasteiger partial charge in [-0.15, -0.1) is 0 Å². The molecule has 0 bridgehead atoms. The lowest BCUT2D eigenvalue weighted by Gasteiger charge is -2.04. The Morgan fingerprint density at radius 1 is 1.38 bits per heavy atom. The lowest BCUT2D eigenvalue weighted by Crippen LogP contribution is -1.94. The maximum Gasteiger partial charge on any atom is 0.179 e. The van der Waals surface area contributed by atoms with Crippen molar-refractivity contribution in [2.75, 3.05) is 0 Å². The van der Waals surface area contributed by atoms with Gasteiger partial charge in [-0.2, -0.15) is 0 Å². The number of halogens is 2. The van der Waals surface area contributed by atoms with E-state index in [2.05, 4.69) is 28.8 Å². The lowest BCUT2D eigenvalue weighted by atomic mass is 10.1. The summed E-state index contributed by atoms with van der Waals surface area (Å²) in [6.07, 6.45) is 2.23. The van der Waals surface area contributed by atoms with Crippen molar-refractivity contribution in [1.82, 2.24) is 15.0 Å². The predicted octanol–water partition coefficient (Wildman–Crippen LogP) is 4.17. The lowest BCUT2D eigenvalue weighted by molar-refractivity contribution is 0.635. The van der Waals surface area contributed by atoms with Gasteiger partial charge in [0, 0.05) is 5.92 Å². The van der Waals surface area contributed by atoms with Crippen LogP contribution < -0.4 is 0 Å². The Hall–Kier alpha value is -0.800. The highest BCUT2D eigenvalue weighted by atomic mass is 35.5. The topological polar surface area (TPSA) is 41.6 Å². The fourth-order valence-corrected chi connectivity index (χ4v) is 2.00. The standard InChI is InChI=1S/C11H13Cl2N3/c1-3-4-6(2)10-14-8-5-7(12)9(13)15-11(8)16-10/h5-6H,3-4H2,1-2H3,(H,14,15,16). The highest BCUT2D eigenvalue weighted by Crippen LogP contribution is 2.25. The van der Waals surface area contributed by atoms with Gasteiger partial charge < -0.3 is 4.98 Å². The molecule has 0 aliphatic carbocycles. The molecule has 0 fully saturated rings. The molecule has 16 heavy (non-hydrogen) atoms. The molecule has 0 aliphatic rings. The van der Waals surface area contributed by atoms with Crippen molar-refractivity contribution in [3.8, 4) is 0 Å². The van der Waals surface area contributed by atoms with Crippen molar-refractivity contribution in [2.24, 2.45) is 0 Å². The first kappa shape index (κ1) is 11.7. The second kappa shape index (κ2) is 4.60. The van der Waals surface area contributed by atoms with E-state index in [0.717, 1.165) is 24.2 Å². The van der Waals surface area contributed by atoms with Crippen LogP contribution in [0.25, 0.3) is 11.2 Å². The van der Waals surface area contributed by atoms with Crippen molar-refractivity contribution < 1.29 is 0 Å². The Morgan fingerprint density at radius 2 is 2.12 bits per heavy atom. The molecule has 2 heterocycles. The van der Waals surface area contributed by atoms with E-state index < -0.39 is 0 Å². The summed E-state index contributed by atoms with van der Waals surface area (Å²) in [5.41, 5.74) is 1.47. The summed E-state index contributed by atoms with van der Waals surface area (Å²) in [5.74, 6) is 1.35. The Balaban J connectivity index is 2.43. The number of aromatic nitrogens is 3. The van der Waals surface area contributed by atoms with E-state index in [0.29, 0.717) is 21.7 Å². The van der Waals surface area contributed by atoms with E-state index in [1.54, 1.807) is 6.07 Å². The van der Waals surface area contributed by atoms with Gasteiger partial charge in [-0.1, -0.05) is 43.5 Å². The molecule has 5 heteroatoms. The third kappa shape index (κ3) is 2.15. The molecule has 2 rings (SSSR count). The zero-order chi connectivity index (χ0) is 11.7. The molecule has 3 nitrogen and oxygen atoms in total. The van der Waals surface area contributed by atoms with Gasteiger partial charge in [0.05, 0.1) is 10.5 Å². The van der Waals surface area contributed by atoms with Crippen molar-refractivity contribution in [3.05, 3.63) is 22.1 Å². The number of imidazole rings is 1. The van der Waals surface area contributed by atoms with Gasteiger partial charge in [0.2, 0.25) is 0 Å². The molecule has 0 saturated carbocycles. The third-order valence-corrected chi connectivity index (χ3v) is 3.26. The zero-order valence-electron chi connectivity index (χ0n) is 9.22. The fraction of sp³-hybridized carbons (Fsp3) is 0.455. The zero-order valence-corrected chi connectivity index (χ0v) is 10.7. The van der Waals surface area contributed by atoms with Crippen LogP contribution in [0.5, 0.6) is 0 Å². The quantitative estimate of drug-likeness (QED) is 0.839. The van der Waals surface area contributed by atoms with Crippen molar-refractivity contribution in [2.45, 2.75) is 32.6 Å². The number of fused-ring (bicyclic) bond motifs is 1. The minimum atomic E-state index is 0.301. The van der Waals surface area contributed by atoms with Gasteiger partial charge in [0.25, 0.3) is 0 Å². The molecule has 0 aliphatic heterocycles. The van der Waals surface area contributed by atoms with E-state index in [9.17, 15) is 0 Å². The van der Waals surface area contributed by atoms with E-state index in [1.807, 2.05) is 0 Å². The summed E-state index contributed by atoms with van der Waals surface area (Å²) in [6.45, 7) is 4.30. The number of hydrogen-bond acceptors (Lipinski definition) is 2. The summed E-state index contributed by atoms with van der Waals surface area (Å²) >= 11 is 11.7. The molecule has 0 aromatic carbocycles. The average molecular weight is 258 g/mol. The monoisotopic (exact) mass is 257 g/mol. The summed E-state index contributed by atoms with van der Waals surface area (Å²) in [6, 6.07) is 1.77. The molecule has 1 unspecified atom stereocenters. The van der Waals surface area contributed by atoms with Crippen LogP contribution in [0.15, 0.2) is 6.07 Å². The van der Waals surface area contributed by atoms with E-state index >= 15 is 0 Å². The summed E-state index contributed by atoms with van der Waals surface area (Å²) < 4.78 is 0. The number of hydrogen-bond donors (Lipinski definition) is 1. The van der Waals surface area contributed by atoms with Crippen LogP contribution in [0.2, 0.25) is 10.2 Å². The van der Waals surface area contributed by atoms with E-state index in [4.69, 9.17) is 23.2 Å². The minimum absolute atomic E-state index is 0.301. The van der Waals surface area contributed by atoms with E-state index in [1.165, 1.54) is 0 Å². The van der Waals surface area contributed by atoms with Gasteiger partial charge in [-0.25, -0.2) is 9.97 Å². The predicted molar refractivity (Wildman–Crippen MR) is 67.2 cm³/mol. The summed E-state index contributed by atoms with van der Waals surface area (Å²) in [7, 11) is 0. The number of H-pyrrole nitrogens is 1. The molecular weight excluding hydrogens is 245 g/mol. The normalized spacial score (nSPS) is 13.2. The summed E-state index contributed by atoms with van der Waals surface area (Å²) in [5, 5.41) is 0.753. The molecule has 1 N–H and O–H groups in total. The number of aromatic amines is 1. The average Bonchev–Trinajstić information content (AvgIpc) is 2.62. The number of pyridine rings is 1.